The van der Waals surface area contributed by atoms with Crippen molar-refractivity contribution < 1.29 is 32.6 Å². The minimum atomic E-state index is -3.75. The van der Waals surface area contributed by atoms with Gasteiger partial charge in [0.1, 0.15) is 23.4 Å². The normalized spacial score (nSPS) is 33.7. The molecule has 2 saturated carbocycles. The highest BCUT2D eigenvalue weighted by atomic mass is 32.2. The zero-order chi connectivity index (χ0) is 27.7. The lowest BCUT2D eigenvalue weighted by molar-refractivity contribution is -0.137. The van der Waals surface area contributed by atoms with E-state index in [-0.39, 0.29) is 11.8 Å². The quantitative estimate of drug-likeness (QED) is 0.383. The van der Waals surface area contributed by atoms with Crippen LogP contribution in [-0.4, -0.2) is 77.6 Å². The predicted octanol–water partition coefficient (Wildman–Crippen LogP) is 1.67. The fourth-order valence-electron chi connectivity index (χ4n) is 5.40. The van der Waals surface area contributed by atoms with E-state index in [4.69, 9.17) is 4.74 Å². The van der Waals surface area contributed by atoms with Gasteiger partial charge >= 0.3 is 6.09 Å². The summed E-state index contributed by atoms with van der Waals surface area (Å²) in [6.45, 7) is 5.67. The molecule has 4 rings (SSSR count). The van der Waals surface area contributed by atoms with Gasteiger partial charge < -0.3 is 20.1 Å². The van der Waals surface area contributed by atoms with Crippen molar-refractivity contribution in [2.45, 2.75) is 120 Å². The number of amides is 3. The summed E-state index contributed by atoms with van der Waals surface area (Å²) in [6.07, 6.45) is 8.26. The van der Waals surface area contributed by atoms with Gasteiger partial charge in [-0.05, 0) is 72.1 Å². The van der Waals surface area contributed by atoms with Crippen LogP contribution in [0.4, 0.5) is 4.79 Å². The van der Waals surface area contributed by atoms with Gasteiger partial charge in [0, 0.05) is 12.5 Å². The van der Waals surface area contributed by atoms with E-state index in [1.54, 1.807) is 25.7 Å². The number of carbonyl (C=O) groups excluding carboxylic acids is 3. The molecule has 11 nitrogen and oxygen atoms in total. The van der Waals surface area contributed by atoms with E-state index >= 15 is 0 Å². The minimum absolute atomic E-state index is 0.260. The minimum Gasteiger partial charge on any atom is -0.444 e. The number of fused-ring (bicyclic) bond motifs is 2. The Morgan fingerprint density at radius 2 is 1.87 bits per heavy atom. The third-order valence-corrected chi connectivity index (χ3v) is 9.51. The highest BCUT2D eigenvalue weighted by Crippen LogP contribution is 2.46. The molecule has 2 aliphatic carbocycles. The zero-order valence-electron chi connectivity index (χ0n) is 22.6. The molecular weight excluding hydrogens is 512 g/mol. The lowest BCUT2D eigenvalue weighted by Crippen LogP contribution is -2.60. The summed E-state index contributed by atoms with van der Waals surface area (Å²) in [5.41, 5.74) is -1.97. The molecule has 1 saturated heterocycles. The Balaban J connectivity index is 1.53. The molecule has 2 aliphatic heterocycles. The van der Waals surface area contributed by atoms with Crippen molar-refractivity contribution >= 4 is 27.9 Å². The van der Waals surface area contributed by atoms with Crippen molar-refractivity contribution in [1.82, 2.24) is 20.3 Å². The SMILES string of the molecule is CC(C)(C)OC(=O)N[C@H]1CCCCC/C=C\[C@@H]2C[C@@]2(C(=O)NS(=O)(=O)C2CC2)NC(O)[C@@H]2CCCN2C1=O. The Kier molecular flexibility index (Phi) is 8.44. The van der Waals surface area contributed by atoms with Gasteiger partial charge in [-0.25, -0.2) is 13.2 Å². The first-order chi connectivity index (χ1) is 17.8. The van der Waals surface area contributed by atoms with E-state index < -0.39 is 56.7 Å². The molecule has 3 fully saturated rings. The number of allylic oxidation sites excluding steroid dienone is 1. The molecule has 38 heavy (non-hydrogen) atoms. The van der Waals surface area contributed by atoms with E-state index in [2.05, 4.69) is 15.4 Å². The number of carbonyl (C=O) groups is 3. The van der Waals surface area contributed by atoms with Crippen molar-refractivity contribution in [3.8, 4) is 0 Å². The van der Waals surface area contributed by atoms with Gasteiger partial charge in [0.05, 0.1) is 11.3 Å². The maximum Gasteiger partial charge on any atom is 0.408 e. The number of nitrogens with one attached hydrogen (secondary N) is 3. The summed E-state index contributed by atoms with van der Waals surface area (Å²) in [4.78, 5) is 41.0. The van der Waals surface area contributed by atoms with Crippen molar-refractivity contribution in [3.05, 3.63) is 12.2 Å². The number of rotatable bonds is 4. The second kappa shape index (κ2) is 11.1. The number of aliphatic hydroxyl groups excluding tert-OH is 1. The third kappa shape index (κ3) is 6.87. The predicted molar refractivity (Wildman–Crippen MR) is 140 cm³/mol. The number of ether oxygens (including phenoxy) is 1. The first-order valence-corrected chi connectivity index (χ1v) is 15.4. The fraction of sp³-hybridized carbons (Fsp3) is 0.808. The number of alkyl carbamates (subject to hydrolysis) is 1. The van der Waals surface area contributed by atoms with E-state index in [1.165, 1.54) is 0 Å². The number of hydrogen-bond donors (Lipinski definition) is 4. The Labute approximate surface area is 225 Å². The number of hydrogen-bond acceptors (Lipinski definition) is 8. The topological polar surface area (TPSA) is 154 Å². The van der Waals surface area contributed by atoms with Crippen LogP contribution in [0, 0.1) is 5.92 Å². The van der Waals surface area contributed by atoms with Crippen LogP contribution in [0.1, 0.15) is 85.0 Å². The molecule has 214 valence electrons. The Bertz CT molecular complexity index is 1050. The zero-order valence-corrected chi connectivity index (χ0v) is 23.4. The molecule has 5 atom stereocenters. The number of nitrogens with zero attached hydrogens (tertiary/aromatic N) is 1. The van der Waals surface area contributed by atoms with E-state index in [1.807, 2.05) is 12.2 Å². The summed E-state index contributed by atoms with van der Waals surface area (Å²) < 4.78 is 32.6. The highest BCUT2D eigenvalue weighted by Gasteiger charge is 2.61. The monoisotopic (exact) mass is 554 g/mol. The molecule has 0 aromatic heterocycles. The van der Waals surface area contributed by atoms with Crippen molar-refractivity contribution in [2.24, 2.45) is 5.92 Å². The van der Waals surface area contributed by atoms with Gasteiger partial charge in [0.2, 0.25) is 15.9 Å². The van der Waals surface area contributed by atoms with Gasteiger partial charge in [0.15, 0.2) is 0 Å². The van der Waals surface area contributed by atoms with Crippen LogP contribution in [0.5, 0.6) is 0 Å². The smallest absolute Gasteiger partial charge is 0.408 e. The van der Waals surface area contributed by atoms with E-state index in [0.717, 1.165) is 25.7 Å². The Morgan fingerprint density at radius 1 is 1.13 bits per heavy atom. The number of aliphatic hydroxyl groups is 1. The van der Waals surface area contributed by atoms with E-state index in [9.17, 15) is 27.9 Å². The van der Waals surface area contributed by atoms with Crippen LogP contribution in [0.3, 0.4) is 0 Å². The molecule has 12 heteroatoms. The molecule has 2 heterocycles. The summed E-state index contributed by atoms with van der Waals surface area (Å²) in [7, 11) is -3.75. The molecule has 1 unspecified atom stereocenters. The summed E-state index contributed by atoms with van der Waals surface area (Å²) >= 11 is 0. The van der Waals surface area contributed by atoms with Crippen LogP contribution in [-0.2, 0) is 24.3 Å². The number of sulfonamides is 1. The van der Waals surface area contributed by atoms with Crippen LogP contribution >= 0.6 is 0 Å². The van der Waals surface area contributed by atoms with Crippen LogP contribution in [0.2, 0.25) is 0 Å². The third-order valence-electron chi connectivity index (χ3n) is 7.69. The first-order valence-electron chi connectivity index (χ1n) is 13.8. The van der Waals surface area contributed by atoms with Gasteiger partial charge in [-0.2, -0.15) is 0 Å². The van der Waals surface area contributed by atoms with Crippen molar-refractivity contribution in [2.75, 3.05) is 6.54 Å². The van der Waals surface area contributed by atoms with Gasteiger partial charge in [-0.1, -0.05) is 25.0 Å². The molecule has 3 amide bonds. The maximum atomic E-state index is 13.6. The Hall–Kier alpha value is -2.18. The van der Waals surface area contributed by atoms with E-state index in [0.29, 0.717) is 45.1 Å². The van der Waals surface area contributed by atoms with Gasteiger partial charge in [0.25, 0.3) is 5.91 Å². The molecule has 4 aliphatic rings. The molecule has 0 bridgehead atoms. The Morgan fingerprint density at radius 3 is 2.55 bits per heavy atom. The van der Waals surface area contributed by atoms with Crippen LogP contribution in [0.25, 0.3) is 0 Å². The van der Waals surface area contributed by atoms with Crippen molar-refractivity contribution in [3.63, 3.8) is 0 Å². The lowest BCUT2D eigenvalue weighted by atomic mass is 10.0. The second-order valence-corrected chi connectivity index (χ2v) is 14.0. The average molecular weight is 555 g/mol. The standard InChI is InChI=1S/C26H42N4O7S/c1-25(2,3)37-24(34)27-19-11-8-6-4-5-7-10-17-16-26(17,23(33)29-38(35,36)18-13-14-18)28-21(31)20-12-9-15-30(20)22(19)32/h7,10,17-21,28,31H,4-6,8-9,11-16H2,1-3H3,(H,27,34)(H,29,33)/b10-7-/t17-,19+,20+,21?,26-/m1/s1. The molecule has 0 aromatic carbocycles. The second-order valence-electron chi connectivity index (χ2n) is 12.1. The first kappa shape index (κ1) is 28.8. The molecule has 0 spiro atoms. The van der Waals surface area contributed by atoms with Crippen molar-refractivity contribution in [1.29, 1.82) is 0 Å². The van der Waals surface area contributed by atoms with Crippen LogP contribution in [0.15, 0.2) is 12.2 Å². The largest absolute Gasteiger partial charge is 0.444 e. The summed E-state index contributed by atoms with van der Waals surface area (Å²) in [6, 6.07) is -1.42. The van der Waals surface area contributed by atoms with Crippen LogP contribution < -0.4 is 15.4 Å². The summed E-state index contributed by atoms with van der Waals surface area (Å²) in [5, 5.41) is 16.5. The summed E-state index contributed by atoms with van der Waals surface area (Å²) in [5.74, 6) is -1.22. The molecule has 0 radical (unpaired) electrons. The lowest BCUT2D eigenvalue weighted by Gasteiger charge is -2.34. The maximum absolute atomic E-state index is 13.6. The molecular formula is C26H42N4O7S. The average Bonchev–Trinajstić information content (AvgIpc) is 3.72. The molecule has 0 aromatic rings. The van der Waals surface area contributed by atoms with Gasteiger partial charge in [-0.15, -0.1) is 0 Å². The van der Waals surface area contributed by atoms with Gasteiger partial charge in [-0.3, -0.25) is 19.6 Å². The fourth-order valence-corrected chi connectivity index (χ4v) is 6.77. The highest BCUT2D eigenvalue weighted by molar-refractivity contribution is 7.91. The molecule has 4 N–H and O–H groups in total.